The highest BCUT2D eigenvalue weighted by molar-refractivity contribution is 7.98. The number of benzene rings is 1. The molecule has 1 aromatic carbocycles. The Morgan fingerprint density at radius 2 is 1.97 bits per heavy atom. The lowest BCUT2D eigenvalue weighted by molar-refractivity contribution is -0.114. The highest BCUT2D eigenvalue weighted by Crippen LogP contribution is 2.37. The topological polar surface area (TPSA) is 140 Å². The van der Waals surface area contributed by atoms with Crippen LogP contribution in [0.1, 0.15) is 23.9 Å². The number of aromatic nitrogens is 3. The second-order valence-electron chi connectivity index (χ2n) is 6.62. The van der Waals surface area contributed by atoms with Crippen molar-refractivity contribution in [1.29, 1.82) is 10.5 Å². The van der Waals surface area contributed by atoms with E-state index in [4.69, 9.17) is 4.74 Å². The number of anilines is 2. The van der Waals surface area contributed by atoms with Crippen molar-refractivity contribution in [2.75, 3.05) is 30.9 Å². The molecule has 0 bridgehead atoms. The number of amides is 1. The molecule has 2 heterocycles. The Balaban J connectivity index is 2.10. The Morgan fingerprint density at radius 1 is 1.22 bits per heavy atom. The lowest BCUT2D eigenvalue weighted by atomic mass is 9.96. The zero-order valence-electron chi connectivity index (χ0n) is 17.6. The zero-order valence-corrected chi connectivity index (χ0v) is 18.4. The van der Waals surface area contributed by atoms with Gasteiger partial charge in [0.05, 0.1) is 17.9 Å². The van der Waals surface area contributed by atoms with Crippen LogP contribution in [0.3, 0.4) is 0 Å². The first-order chi connectivity index (χ1) is 15.6. The first-order valence-corrected chi connectivity index (χ1v) is 10.7. The van der Waals surface area contributed by atoms with Gasteiger partial charge in [0.2, 0.25) is 5.91 Å². The fourth-order valence-corrected chi connectivity index (χ4v) is 3.89. The van der Waals surface area contributed by atoms with Gasteiger partial charge in [0.1, 0.15) is 34.4 Å². The minimum absolute atomic E-state index is 0.182. The number of carbonyl (C=O) groups is 1. The second-order valence-corrected chi connectivity index (χ2v) is 7.58. The minimum atomic E-state index is -0.182. The van der Waals surface area contributed by atoms with Crippen molar-refractivity contribution in [3.8, 4) is 23.3 Å². The number of aromatic amines is 1. The molecule has 2 aromatic heterocycles. The highest BCUT2D eigenvalue weighted by Gasteiger charge is 2.22. The van der Waals surface area contributed by atoms with Crippen LogP contribution in [0.5, 0.6) is 0 Å². The monoisotopic (exact) mass is 447 g/mol. The van der Waals surface area contributed by atoms with Crippen molar-refractivity contribution in [2.24, 2.45) is 0 Å². The maximum Gasteiger partial charge on any atom is 0.221 e. The van der Waals surface area contributed by atoms with Crippen molar-refractivity contribution in [2.45, 2.75) is 17.7 Å². The predicted molar refractivity (Wildman–Crippen MR) is 122 cm³/mol. The number of ether oxygens (including phenoxy) is 1. The minimum Gasteiger partial charge on any atom is -0.383 e. The van der Waals surface area contributed by atoms with Crippen molar-refractivity contribution < 1.29 is 9.53 Å². The summed E-state index contributed by atoms with van der Waals surface area (Å²) in [5.74, 6) is 1.43. The molecule has 0 atom stereocenters. The summed E-state index contributed by atoms with van der Waals surface area (Å²) in [6, 6.07) is 11.4. The molecule has 162 valence electrons. The number of methoxy groups -OCH3 is 1. The van der Waals surface area contributed by atoms with E-state index in [0.717, 1.165) is 5.82 Å². The number of thioether (sulfide) groups is 1. The molecule has 0 aliphatic rings. The molecule has 0 fully saturated rings. The molecule has 0 saturated carbocycles. The van der Waals surface area contributed by atoms with Crippen LogP contribution in [0.25, 0.3) is 11.1 Å². The van der Waals surface area contributed by atoms with E-state index in [-0.39, 0.29) is 11.5 Å². The number of H-pyrrole nitrogens is 1. The maximum atomic E-state index is 11.3. The zero-order chi connectivity index (χ0) is 22.9. The van der Waals surface area contributed by atoms with Crippen LogP contribution in [-0.2, 0) is 15.3 Å². The molecule has 0 aliphatic heterocycles. The average molecular weight is 448 g/mol. The molecular formula is C22H21N7O2S. The Bertz CT molecular complexity index is 1160. The molecule has 0 radical (unpaired) electrons. The number of carbonyl (C=O) groups excluding carboxylic acids is 1. The Morgan fingerprint density at radius 3 is 2.56 bits per heavy atom. The number of pyridine rings is 1. The predicted octanol–water partition coefficient (Wildman–Crippen LogP) is 3.52. The number of nitriles is 2. The van der Waals surface area contributed by atoms with E-state index < -0.39 is 0 Å². The number of nitrogens with one attached hydrogen (secondary N) is 3. The molecular weight excluding hydrogens is 426 g/mol. The summed E-state index contributed by atoms with van der Waals surface area (Å²) >= 11 is 1.36. The van der Waals surface area contributed by atoms with Gasteiger partial charge in [-0.05, 0) is 17.7 Å². The molecule has 10 heteroatoms. The smallest absolute Gasteiger partial charge is 0.221 e. The summed E-state index contributed by atoms with van der Waals surface area (Å²) in [6.45, 7) is 2.31. The molecule has 0 spiro atoms. The van der Waals surface area contributed by atoms with Crippen molar-refractivity contribution in [3.63, 3.8) is 0 Å². The van der Waals surface area contributed by atoms with Gasteiger partial charge >= 0.3 is 0 Å². The quantitative estimate of drug-likeness (QED) is 0.334. The summed E-state index contributed by atoms with van der Waals surface area (Å²) < 4.78 is 5.09. The maximum absolute atomic E-state index is 11.3. The first-order valence-electron chi connectivity index (χ1n) is 9.67. The summed E-state index contributed by atoms with van der Waals surface area (Å²) in [6.07, 6.45) is 3.39. The molecule has 9 nitrogen and oxygen atoms in total. The molecule has 3 rings (SSSR count). The Kier molecular flexibility index (Phi) is 7.81. The average Bonchev–Trinajstić information content (AvgIpc) is 3.31. The van der Waals surface area contributed by atoms with Gasteiger partial charge in [-0.25, -0.2) is 9.97 Å². The Labute approximate surface area is 189 Å². The van der Waals surface area contributed by atoms with E-state index in [0.29, 0.717) is 52.1 Å². The summed E-state index contributed by atoms with van der Waals surface area (Å²) in [5, 5.41) is 26.3. The van der Waals surface area contributed by atoms with Crippen LogP contribution in [0.15, 0.2) is 41.7 Å². The van der Waals surface area contributed by atoms with Gasteiger partial charge < -0.3 is 20.4 Å². The van der Waals surface area contributed by atoms with E-state index >= 15 is 0 Å². The van der Waals surface area contributed by atoms with Gasteiger partial charge in [0.25, 0.3) is 0 Å². The van der Waals surface area contributed by atoms with E-state index in [1.54, 1.807) is 43.8 Å². The van der Waals surface area contributed by atoms with E-state index in [2.05, 4.69) is 37.7 Å². The van der Waals surface area contributed by atoms with Crippen LogP contribution in [-0.4, -0.2) is 41.1 Å². The van der Waals surface area contributed by atoms with Crippen LogP contribution in [0.2, 0.25) is 0 Å². The molecule has 0 unspecified atom stereocenters. The third-order valence-corrected chi connectivity index (χ3v) is 5.37. The van der Waals surface area contributed by atoms with Crippen LogP contribution >= 0.6 is 11.8 Å². The molecule has 3 N–H and O–H groups in total. The van der Waals surface area contributed by atoms with Gasteiger partial charge in [0.15, 0.2) is 0 Å². The van der Waals surface area contributed by atoms with Crippen LogP contribution < -0.4 is 10.6 Å². The Hall–Kier alpha value is -3.86. The lowest BCUT2D eigenvalue weighted by Gasteiger charge is -2.16. The highest BCUT2D eigenvalue weighted by atomic mass is 32.2. The molecule has 0 saturated heterocycles. The largest absolute Gasteiger partial charge is 0.383 e. The molecule has 1 amide bonds. The van der Waals surface area contributed by atoms with Crippen LogP contribution in [0.4, 0.5) is 11.5 Å². The fourth-order valence-electron chi connectivity index (χ4n) is 3.01. The summed E-state index contributed by atoms with van der Waals surface area (Å²) in [5.41, 5.74) is 2.36. The third kappa shape index (κ3) is 5.43. The molecule has 32 heavy (non-hydrogen) atoms. The van der Waals surface area contributed by atoms with Gasteiger partial charge in [-0.15, -0.1) is 0 Å². The van der Waals surface area contributed by atoms with Crippen molar-refractivity contribution in [1.82, 2.24) is 15.0 Å². The van der Waals surface area contributed by atoms with E-state index in [9.17, 15) is 15.3 Å². The normalized spacial score (nSPS) is 10.2. The van der Waals surface area contributed by atoms with Crippen molar-refractivity contribution in [3.05, 3.63) is 53.6 Å². The van der Waals surface area contributed by atoms with E-state index in [1.807, 2.05) is 0 Å². The standard InChI is InChI=1S/C22H21N7O2S/c1-14(30)28-16-5-3-15(4-6-16)20-17(11-23)21(27-9-10-31-2)29-22(18(20)12-24)32-13-19-25-7-8-26-19/h3-8H,9-10,13H2,1-2H3,(H,25,26)(H,27,29)(H,28,30). The first kappa shape index (κ1) is 22.8. The summed E-state index contributed by atoms with van der Waals surface area (Å²) in [4.78, 5) is 23.1. The van der Waals surface area contributed by atoms with Crippen LogP contribution in [0, 0.1) is 22.7 Å². The number of rotatable bonds is 9. The van der Waals surface area contributed by atoms with Gasteiger partial charge in [-0.2, -0.15) is 10.5 Å². The second kappa shape index (κ2) is 11.0. The number of hydrogen-bond donors (Lipinski definition) is 3. The van der Waals surface area contributed by atoms with Gasteiger partial charge in [-0.1, -0.05) is 23.9 Å². The van der Waals surface area contributed by atoms with Gasteiger partial charge in [-0.3, -0.25) is 4.79 Å². The molecule has 0 aliphatic carbocycles. The SMILES string of the molecule is COCCNc1nc(SCc2ncc[nH]2)c(C#N)c(-c2ccc(NC(C)=O)cc2)c1C#N. The lowest BCUT2D eigenvalue weighted by Crippen LogP contribution is -2.12. The third-order valence-electron chi connectivity index (χ3n) is 4.38. The van der Waals surface area contributed by atoms with Crippen molar-refractivity contribution >= 4 is 29.2 Å². The van der Waals surface area contributed by atoms with Gasteiger partial charge in [0, 0.05) is 44.2 Å². The summed E-state index contributed by atoms with van der Waals surface area (Å²) in [7, 11) is 1.59. The number of imidazole rings is 1. The number of nitrogens with zero attached hydrogens (tertiary/aromatic N) is 4. The molecule has 3 aromatic rings. The fraction of sp³-hybridized carbons (Fsp3) is 0.227. The number of hydrogen-bond acceptors (Lipinski definition) is 8. The van der Waals surface area contributed by atoms with E-state index in [1.165, 1.54) is 18.7 Å².